The van der Waals surface area contributed by atoms with Crippen molar-refractivity contribution in [3.05, 3.63) is 12.2 Å². The summed E-state index contributed by atoms with van der Waals surface area (Å²) >= 11 is 0. The molecule has 0 saturated carbocycles. The van der Waals surface area contributed by atoms with Gasteiger partial charge in [0.15, 0.2) is 8.32 Å². The maximum atomic E-state index is 9.93. The molecule has 0 aromatic rings. The van der Waals surface area contributed by atoms with Gasteiger partial charge in [0.1, 0.15) is 0 Å². The first-order chi connectivity index (χ1) is 12.9. The highest BCUT2D eigenvalue weighted by atomic mass is 28.4. The zero-order chi connectivity index (χ0) is 20.0. The van der Waals surface area contributed by atoms with Crippen LogP contribution in [0.15, 0.2) is 12.2 Å². The molecule has 160 valence electrons. The molecule has 0 aliphatic heterocycles. The summed E-state index contributed by atoms with van der Waals surface area (Å²) in [6, 6.07) is 0. The van der Waals surface area contributed by atoms with Gasteiger partial charge in [0.2, 0.25) is 0 Å². The molecule has 1 aliphatic carbocycles. The third-order valence-corrected chi connectivity index (χ3v) is 6.66. The van der Waals surface area contributed by atoms with Crippen LogP contribution in [0.3, 0.4) is 0 Å². The van der Waals surface area contributed by atoms with Gasteiger partial charge in [0, 0.05) is 6.42 Å². The van der Waals surface area contributed by atoms with E-state index in [0.29, 0.717) is 0 Å². The molecule has 0 bridgehead atoms. The lowest BCUT2D eigenvalue weighted by Gasteiger charge is -2.35. The van der Waals surface area contributed by atoms with E-state index in [2.05, 4.69) is 32.6 Å². The van der Waals surface area contributed by atoms with Gasteiger partial charge in [-0.15, -0.1) is 0 Å². The van der Waals surface area contributed by atoms with Crippen molar-refractivity contribution in [1.82, 2.24) is 0 Å². The van der Waals surface area contributed by atoms with Gasteiger partial charge in [-0.1, -0.05) is 109 Å². The first kappa shape index (κ1) is 24.9. The Bertz CT molecular complexity index is 388. The summed E-state index contributed by atoms with van der Waals surface area (Å²) in [5.41, 5.74) is -0.180. The summed E-state index contributed by atoms with van der Waals surface area (Å²) in [4.78, 5) is 0. The van der Waals surface area contributed by atoms with E-state index in [9.17, 15) is 5.11 Å². The fraction of sp³-hybridized carbons (Fsp3) is 0.917. The first-order valence-corrected chi connectivity index (χ1v) is 15.4. The highest BCUT2D eigenvalue weighted by Crippen LogP contribution is 2.35. The molecule has 27 heavy (non-hydrogen) atoms. The van der Waals surface area contributed by atoms with Crippen LogP contribution in [0.2, 0.25) is 19.6 Å². The molecular weight excluding hydrogens is 348 g/mol. The van der Waals surface area contributed by atoms with Crippen molar-refractivity contribution in [2.75, 3.05) is 0 Å². The molecule has 0 saturated heterocycles. The molecule has 0 spiro atoms. The van der Waals surface area contributed by atoms with Crippen molar-refractivity contribution in [2.24, 2.45) is 0 Å². The van der Waals surface area contributed by atoms with Gasteiger partial charge >= 0.3 is 0 Å². The standard InChI is InChI=1S/C24H48O2Si/c1-5-6-7-8-9-10-11-12-13-14-15-16-17-18-20-24(26-27(2,3)4)21-19-23(25)22-24/h19,21,23,25H,5-18,20,22H2,1-4H3/t23?,24-/m0/s1. The molecule has 1 unspecified atom stereocenters. The average molecular weight is 397 g/mol. The van der Waals surface area contributed by atoms with Gasteiger partial charge in [0.25, 0.3) is 0 Å². The normalized spacial score (nSPS) is 22.6. The van der Waals surface area contributed by atoms with Gasteiger partial charge < -0.3 is 9.53 Å². The molecule has 2 atom stereocenters. The van der Waals surface area contributed by atoms with E-state index in [4.69, 9.17) is 4.43 Å². The summed E-state index contributed by atoms with van der Waals surface area (Å²) in [5, 5.41) is 9.93. The van der Waals surface area contributed by atoms with Gasteiger partial charge in [-0.2, -0.15) is 0 Å². The minimum Gasteiger partial charge on any atom is -0.409 e. The molecule has 3 heteroatoms. The van der Waals surface area contributed by atoms with E-state index in [-0.39, 0.29) is 11.7 Å². The van der Waals surface area contributed by atoms with Crippen LogP contribution in [0.1, 0.15) is 110 Å². The number of hydrogen-bond acceptors (Lipinski definition) is 2. The molecule has 1 N–H and O–H groups in total. The molecule has 0 amide bonds. The van der Waals surface area contributed by atoms with Crippen LogP contribution < -0.4 is 0 Å². The third kappa shape index (κ3) is 12.9. The summed E-state index contributed by atoms with van der Waals surface area (Å²) in [6.07, 6.45) is 25.1. The predicted octanol–water partition coefficient (Wildman–Crippen LogP) is 7.77. The molecular formula is C24H48O2Si. The zero-order valence-electron chi connectivity index (χ0n) is 18.9. The van der Waals surface area contributed by atoms with Crippen molar-refractivity contribution in [2.45, 2.75) is 141 Å². The summed E-state index contributed by atoms with van der Waals surface area (Å²) in [7, 11) is -1.59. The molecule has 0 fully saturated rings. The van der Waals surface area contributed by atoms with E-state index >= 15 is 0 Å². The monoisotopic (exact) mass is 396 g/mol. The van der Waals surface area contributed by atoms with Gasteiger partial charge in [-0.05, 0) is 26.1 Å². The molecule has 0 aromatic heterocycles. The Hall–Kier alpha value is -0.123. The van der Waals surface area contributed by atoms with Crippen molar-refractivity contribution in [1.29, 1.82) is 0 Å². The quantitative estimate of drug-likeness (QED) is 0.154. The van der Waals surface area contributed by atoms with Crippen molar-refractivity contribution >= 4 is 8.32 Å². The van der Waals surface area contributed by atoms with Gasteiger partial charge in [0.05, 0.1) is 11.7 Å². The van der Waals surface area contributed by atoms with E-state index in [1.165, 1.54) is 89.9 Å². The molecule has 0 aromatic carbocycles. The second-order valence-corrected chi connectivity index (χ2v) is 14.2. The Kier molecular flexibility index (Phi) is 12.9. The smallest absolute Gasteiger partial charge is 0.184 e. The van der Waals surface area contributed by atoms with Gasteiger partial charge in [-0.3, -0.25) is 0 Å². The largest absolute Gasteiger partial charge is 0.409 e. The Labute approximate surface area is 171 Å². The topological polar surface area (TPSA) is 29.5 Å². The fourth-order valence-electron chi connectivity index (χ4n) is 4.32. The van der Waals surface area contributed by atoms with Gasteiger partial charge in [-0.25, -0.2) is 0 Å². The number of rotatable bonds is 17. The Morgan fingerprint density at radius 2 is 1.26 bits per heavy atom. The molecule has 1 rings (SSSR count). The molecule has 2 nitrogen and oxygen atoms in total. The molecule has 0 heterocycles. The van der Waals surface area contributed by atoms with Crippen LogP contribution in [0.4, 0.5) is 0 Å². The lowest BCUT2D eigenvalue weighted by molar-refractivity contribution is 0.0644. The summed E-state index contributed by atoms with van der Waals surface area (Å²) < 4.78 is 6.46. The third-order valence-electron chi connectivity index (χ3n) is 5.64. The summed E-state index contributed by atoms with van der Waals surface area (Å²) in [6.45, 7) is 9.03. The van der Waals surface area contributed by atoms with E-state index in [1.807, 2.05) is 6.08 Å². The van der Waals surface area contributed by atoms with Crippen LogP contribution in [0.5, 0.6) is 0 Å². The van der Waals surface area contributed by atoms with Crippen LogP contribution in [0.25, 0.3) is 0 Å². The summed E-state index contributed by atoms with van der Waals surface area (Å²) in [5.74, 6) is 0. The lowest BCUT2D eigenvalue weighted by atomic mass is 9.94. The predicted molar refractivity (Wildman–Crippen MR) is 122 cm³/mol. The second-order valence-electron chi connectivity index (χ2n) is 9.76. The highest BCUT2D eigenvalue weighted by molar-refractivity contribution is 6.69. The zero-order valence-corrected chi connectivity index (χ0v) is 19.9. The van der Waals surface area contributed by atoms with E-state index < -0.39 is 8.32 Å². The van der Waals surface area contributed by atoms with E-state index in [0.717, 1.165) is 12.8 Å². The van der Waals surface area contributed by atoms with Crippen LogP contribution >= 0.6 is 0 Å². The van der Waals surface area contributed by atoms with Crippen LogP contribution in [0, 0.1) is 0 Å². The van der Waals surface area contributed by atoms with Crippen molar-refractivity contribution in [3.8, 4) is 0 Å². The number of unbranched alkanes of at least 4 members (excludes halogenated alkanes) is 13. The first-order valence-electron chi connectivity index (χ1n) is 11.9. The highest BCUT2D eigenvalue weighted by Gasteiger charge is 2.38. The molecule has 1 aliphatic rings. The SMILES string of the molecule is CCCCCCCCCCCCCCCC[C@]1(O[Si](C)(C)C)C=CC(O)C1. The van der Waals surface area contributed by atoms with Crippen molar-refractivity contribution in [3.63, 3.8) is 0 Å². The fourth-order valence-corrected chi connectivity index (χ4v) is 5.79. The van der Waals surface area contributed by atoms with Crippen molar-refractivity contribution < 1.29 is 9.53 Å². The lowest BCUT2D eigenvalue weighted by Crippen LogP contribution is -2.41. The average Bonchev–Trinajstić information content (AvgIpc) is 2.94. The molecule has 0 radical (unpaired) electrons. The Morgan fingerprint density at radius 1 is 0.815 bits per heavy atom. The maximum absolute atomic E-state index is 9.93. The van der Waals surface area contributed by atoms with Crippen LogP contribution in [-0.4, -0.2) is 25.1 Å². The van der Waals surface area contributed by atoms with Crippen LogP contribution in [-0.2, 0) is 4.43 Å². The maximum Gasteiger partial charge on any atom is 0.184 e. The number of hydrogen-bond donors (Lipinski definition) is 1. The minimum absolute atomic E-state index is 0.180. The number of aliphatic hydroxyl groups is 1. The Morgan fingerprint density at radius 3 is 1.63 bits per heavy atom. The van der Waals surface area contributed by atoms with E-state index in [1.54, 1.807) is 0 Å². The minimum atomic E-state index is -1.59. The number of aliphatic hydroxyl groups excluding tert-OH is 1. The second kappa shape index (κ2) is 14.0. The Balaban J connectivity index is 1.98.